The van der Waals surface area contributed by atoms with E-state index in [2.05, 4.69) is 11.8 Å². The lowest BCUT2D eigenvalue weighted by molar-refractivity contribution is 0.0264. The lowest BCUT2D eigenvalue weighted by Gasteiger charge is -2.38. The molecular formula is C17H25NO3. The number of rotatable bonds is 7. The number of carboxylic acids is 1. The summed E-state index contributed by atoms with van der Waals surface area (Å²) in [4.78, 5) is 13.6. The summed E-state index contributed by atoms with van der Waals surface area (Å²) in [6.45, 7) is 4.81. The maximum absolute atomic E-state index is 11.1. The minimum Gasteiger partial charge on any atom is -0.478 e. The Morgan fingerprint density at radius 3 is 2.95 bits per heavy atom. The summed E-state index contributed by atoms with van der Waals surface area (Å²) in [6.07, 6.45) is 4.60. The van der Waals surface area contributed by atoms with E-state index in [0.717, 1.165) is 44.5 Å². The summed E-state index contributed by atoms with van der Waals surface area (Å²) in [5.41, 5.74) is 1.54. The number of ether oxygens (including phenoxy) is 1. The van der Waals surface area contributed by atoms with Gasteiger partial charge in [0.1, 0.15) is 0 Å². The van der Waals surface area contributed by atoms with Crippen molar-refractivity contribution < 1.29 is 14.6 Å². The van der Waals surface area contributed by atoms with Gasteiger partial charge in [-0.1, -0.05) is 25.5 Å². The van der Waals surface area contributed by atoms with E-state index in [0.29, 0.717) is 5.56 Å². The van der Waals surface area contributed by atoms with Gasteiger partial charge in [-0.05, 0) is 43.5 Å². The van der Waals surface area contributed by atoms with Gasteiger partial charge in [0, 0.05) is 19.2 Å². The van der Waals surface area contributed by atoms with Crippen LogP contribution in [0.2, 0.25) is 0 Å². The highest BCUT2D eigenvalue weighted by Gasteiger charge is 2.39. The Bertz CT molecular complexity index is 481. The van der Waals surface area contributed by atoms with Gasteiger partial charge < -0.3 is 9.84 Å². The number of benzene rings is 1. The molecule has 21 heavy (non-hydrogen) atoms. The molecule has 0 aliphatic carbocycles. The SMILES string of the molecule is CCCC1(COC)CCCN1Cc1cccc(C(=O)O)c1. The average molecular weight is 291 g/mol. The van der Waals surface area contributed by atoms with E-state index in [4.69, 9.17) is 9.84 Å². The zero-order chi connectivity index (χ0) is 15.3. The largest absolute Gasteiger partial charge is 0.478 e. The summed E-state index contributed by atoms with van der Waals surface area (Å²) in [5, 5.41) is 9.11. The highest BCUT2D eigenvalue weighted by molar-refractivity contribution is 5.87. The molecule has 4 nitrogen and oxygen atoms in total. The second-order valence-electron chi connectivity index (χ2n) is 5.94. The van der Waals surface area contributed by atoms with Gasteiger partial charge in [0.25, 0.3) is 0 Å². The van der Waals surface area contributed by atoms with Crippen molar-refractivity contribution in [1.29, 1.82) is 0 Å². The number of hydrogen-bond donors (Lipinski definition) is 1. The van der Waals surface area contributed by atoms with Crippen LogP contribution in [0.25, 0.3) is 0 Å². The van der Waals surface area contributed by atoms with Crippen LogP contribution in [-0.2, 0) is 11.3 Å². The molecule has 2 rings (SSSR count). The molecule has 1 aromatic carbocycles. The summed E-state index contributed by atoms with van der Waals surface area (Å²) in [6, 6.07) is 7.26. The van der Waals surface area contributed by atoms with E-state index < -0.39 is 5.97 Å². The first-order valence-electron chi connectivity index (χ1n) is 7.67. The normalized spacial score (nSPS) is 22.6. The van der Waals surface area contributed by atoms with Crippen molar-refractivity contribution in [3.05, 3.63) is 35.4 Å². The van der Waals surface area contributed by atoms with Crippen LogP contribution in [0.5, 0.6) is 0 Å². The van der Waals surface area contributed by atoms with Gasteiger partial charge >= 0.3 is 5.97 Å². The molecule has 0 spiro atoms. The second-order valence-corrected chi connectivity index (χ2v) is 5.94. The quantitative estimate of drug-likeness (QED) is 0.838. The molecule has 0 aromatic heterocycles. The van der Waals surface area contributed by atoms with Crippen LogP contribution in [0.15, 0.2) is 24.3 Å². The highest BCUT2D eigenvalue weighted by atomic mass is 16.5. The molecule has 0 amide bonds. The van der Waals surface area contributed by atoms with Crippen LogP contribution < -0.4 is 0 Å². The van der Waals surface area contributed by atoms with E-state index in [1.807, 2.05) is 12.1 Å². The van der Waals surface area contributed by atoms with Gasteiger partial charge in [0.15, 0.2) is 0 Å². The van der Waals surface area contributed by atoms with Crippen molar-refractivity contribution in [3.63, 3.8) is 0 Å². The van der Waals surface area contributed by atoms with Crippen molar-refractivity contribution in [2.45, 2.75) is 44.7 Å². The van der Waals surface area contributed by atoms with E-state index in [-0.39, 0.29) is 5.54 Å². The first-order chi connectivity index (χ1) is 10.1. The zero-order valence-corrected chi connectivity index (χ0v) is 13.0. The molecule has 1 unspecified atom stereocenters. The molecule has 1 aliphatic rings. The fourth-order valence-electron chi connectivity index (χ4n) is 3.52. The molecule has 1 aliphatic heterocycles. The fourth-order valence-corrected chi connectivity index (χ4v) is 3.52. The lowest BCUT2D eigenvalue weighted by atomic mass is 9.91. The van der Waals surface area contributed by atoms with Crippen LogP contribution in [0, 0.1) is 0 Å². The Morgan fingerprint density at radius 2 is 2.29 bits per heavy atom. The van der Waals surface area contributed by atoms with Crippen LogP contribution in [-0.4, -0.2) is 41.8 Å². The van der Waals surface area contributed by atoms with Gasteiger partial charge in [-0.2, -0.15) is 0 Å². The molecule has 1 atom stereocenters. The molecule has 0 bridgehead atoms. The van der Waals surface area contributed by atoms with E-state index >= 15 is 0 Å². The number of carbonyl (C=O) groups is 1. The first kappa shape index (κ1) is 16.0. The molecule has 1 N–H and O–H groups in total. The molecule has 1 fully saturated rings. The Hall–Kier alpha value is -1.39. The van der Waals surface area contributed by atoms with Gasteiger partial charge in [-0.15, -0.1) is 0 Å². The Kier molecular flexibility index (Phi) is 5.37. The monoisotopic (exact) mass is 291 g/mol. The predicted molar refractivity (Wildman–Crippen MR) is 82.6 cm³/mol. The van der Waals surface area contributed by atoms with Crippen LogP contribution in [0.4, 0.5) is 0 Å². The average Bonchev–Trinajstić information content (AvgIpc) is 2.83. The molecular weight excluding hydrogens is 266 g/mol. The topological polar surface area (TPSA) is 49.8 Å². The third kappa shape index (κ3) is 3.63. The number of aromatic carboxylic acids is 1. The third-order valence-electron chi connectivity index (χ3n) is 4.42. The third-order valence-corrected chi connectivity index (χ3v) is 4.42. The van der Waals surface area contributed by atoms with Crippen molar-refractivity contribution in [2.24, 2.45) is 0 Å². The Labute approximate surface area is 126 Å². The number of hydrogen-bond acceptors (Lipinski definition) is 3. The minimum absolute atomic E-state index is 0.114. The Balaban J connectivity index is 2.16. The molecule has 0 saturated carbocycles. The standard InChI is InChI=1S/C17H25NO3/c1-3-8-17(13-21-2)9-5-10-18(17)12-14-6-4-7-15(11-14)16(19)20/h4,6-7,11H,3,5,8-10,12-13H2,1-2H3,(H,19,20). The predicted octanol–water partition coefficient (Wildman–Crippen LogP) is 3.17. The fraction of sp³-hybridized carbons (Fsp3) is 0.588. The molecule has 1 heterocycles. The summed E-state index contributed by atoms with van der Waals surface area (Å²) in [5.74, 6) is -0.866. The Morgan fingerprint density at radius 1 is 1.48 bits per heavy atom. The van der Waals surface area contributed by atoms with Crippen molar-refractivity contribution >= 4 is 5.97 Å². The van der Waals surface area contributed by atoms with E-state index in [1.165, 1.54) is 6.42 Å². The van der Waals surface area contributed by atoms with Gasteiger partial charge in [0.05, 0.1) is 12.2 Å². The number of nitrogens with zero attached hydrogens (tertiary/aromatic N) is 1. The smallest absolute Gasteiger partial charge is 0.335 e. The van der Waals surface area contributed by atoms with Crippen molar-refractivity contribution in [1.82, 2.24) is 4.90 Å². The molecule has 1 aromatic rings. The minimum atomic E-state index is -0.866. The van der Waals surface area contributed by atoms with Gasteiger partial charge in [-0.3, -0.25) is 4.90 Å². The van der Waals surface area contributed by atoms with Crippen LogP contribution in [0.3, 0.4) is 0 Å². The highest BCUT2D eigenvalue weighted by Crippen LogP contribution is 2.35. The van der Waals surface area contributed by atoms with E-state index in [1.54, 1.807) is 19.2 Å². The maximum Gasteiger partial charge on any atom is 0.335 e. The van der Waals surface area contributed by atoms with Crippen molar-refractivity contribution in [3.8, 4) is 0 Å². The second kappa shape index (κ2) is 7.05. The van der Waals surface area contributed by atoms with Gasteiger partial charge in [0.2, 0.25) is 0 Å². The summed E-state index contributed by atoms with van der Waals surface area (Å²) >= 11 is 0. The van der Waals surface area contributed by atoms with Crippen LogP contribution in [0.1, 0.15) is 48.5 Å². The molecule has 116 valence electrons. The van der Waals surface area contributed by atoms with Crippen LogP contribution >= 0.6 is 0 Å². The van der Waals surface area contributed by atoms with E-state index in [9.17, 15) is 4.79 Å². The molecule has 1 saturated heterocycles. The summed E-state index contributed by atoms with van der Waals surface area (Å²) < 4.78 is 5.48. The number of carboxylic acid groups (broad SMARTS) is 1. The number of methoxy groups -OCH3 is 1. The number of likely N-dealkylation sites (tertiary alicyclic amines) is 1. The van der Waals surface area contributed by atoms with Gasteiger partial charge in [-0.25, -0.2) is 4.79 Å². The lowest BCUT2D eigenvalue weighted by Crippen LogP contribution is -2.47. The summed E-state index contributed by atoms with van der Waals surface area (Å²) in [7, 11) is 1.76. The van der Waals surface area contributed by atoms with Crippen molar-refractivity contribution in [2.75, 3.05) is 20.3 Å². The zero-order valence-electron chi connectivity index (χ0n) is 13.0. The maximum atomic E-state index is 11.1. The molecule has 0 radical (unpaired) electrons. The first-order valence-corrected chi connectivity index (χ1v) is 7.67. The molecule has 4 heteroatoms.